The summed E-state index contributed by atoms with van der Waals surface area (Å²) in [5.74, 6) is -0.258. The van der Waals surface area contributed by atoms with Crippen molar-refractivity contribution in [1.29, 1.82) is 0 Å². The average Bonchev–Trinajstić information content (AvgIpc) is 2.91. The lowest BCUT2D eigenvalue weighted by atomic mass is 10.1. The van der Waals surface area contributed by atoms with Gasteiger partial charge in [-0.15, -0.1) is 0 Å². The summed E-state index contributed by atoms with van der Waals surface area (Å²) in [5.41, 5.74) is 2.96. The van der Waals surface area contributed by atoms with Gasteiger partial charge in [0.05, 0.1) is 11.4 Å². The first-order chi connectivity index (χ1) is 12.2. The van der Waals surface area contributed by atoms with Crippen molar-refractivity contribution < 1.29 is 9.18 Å². The van der Waals surface area contributed by atoms with Gasteiger partial charge in [0, 0.05) is 19.5 Å². The molecule has 3 nitrogen and oxygen atoms in total. The fourth-order valence-electron chi connectivity index (χ4n) is 3.29. The Labute approximate surface area is 148 Å². The molecule has 0 aromatic heterocycles. The number of anilines is 2. The minimum Gasteiger partial charge on any atom is -0.370 e. The van der Waals surface area contributed by atoms with Gasteiger partial charge in [0.25, 0.3) is 0 Å². The minimum absolute atomic E-state index is 0.00778. The second kappa shape index (κ2) is 8.65. The molecule has 0 radical (unpaired) electrons. The molecule has 2 aromatic rings. The van der Waals surface area contributed by atoms with E-state index < -0.39 is 0 Å². The zero-order chi connectivity index (χ0) is 17.5. The Hall–Kier alpha value is -2.36. The van der Waals surface area contributed by atoms with Crippen molar-refractivity contribution in [3.05, 3.63) is 59.9 Å². The molecule has 1 N–H and O–H groups in total. The molecule has 1 aliphatic heterocycles. The van der Waals surface area contributed by atoms with E-state index in [0.717, 1.165) is 30.0 Å². The normalized spacial score (nSPS) is 14.8. The van der Waals surface area contributed by atoms with Gasteiger partial charge < -0.3 is 10.2 Å². The largest absolute Gasteiger partial charge is 0.370 e. The molecule has 132 valence electrons. The van der Waals surface area contributed by atoms with Crippen molar-refractivity contribution in [2.24, 2.45) is 0 Å². The van der Waals surface area contributed by atoms with E-state index in [-0.39, 0.29) is 11.7 Å². The summed E-state index contributed by atoms with van der Waals surface area (Å²) < 4.78 is 12.9. The van der Waals surface area contributed by atoms with Gasteiger partial charge in [0.2, 0.25) is 5.91 Å². The number of carbonyl (C=O) groups is 1. The Morgan fingerprint density at radius 2 is 1.64 bits per heavy atom. The lowest BCUT2D eigenvalue weighted by molar-refractivity contribution is -0.116. The van der Waals surface area contributed by atoms with Crippen LogP contribution >= 0.6 is 0 Å². The number of hydrogen-bond donors (Lipinski definition) is 1. The smallest absolute Gasteiger partial charge is 0.224 e. The number of hydrogen-bond acceptors (Lipinski definition) is 2. The molecule has 1 amide bonds. The molecule has 0 aliphatic carbocycles. The van der Waals surface area contributed by atoms with Crippen LogP contribution in [0.5, 0.6) is 0 Å². The zero-order valence-corrected chi connectivity index (χ0v) is 14.5. The monoisotopic (exact) mass is 340 g/mol. The molecule has 0 spiro atoms. The third-order valence-electron chi connectivity index (χ3n) is 4.68. The number of rotatable bonds is 5. The Morgan fingerprint density at radius 3 is 2.36 bits per heavy atom. The highest BCUT2D eigenvalue weighted by Crippen LogP contribution is 2.28. The number of benzene rings is 2. The Kier molecular flexibility index (Phi) is 6.04. The highest BCUT2D eigenvalue weighted by molar-refractivity contribution is 5.94. The van der Waals surface area contributed by atoms with E-state index in [2.05, 4.69) is 16.3 Å². The number of nitrogens with one attached hydrogen (secondary N) is 1. The second-order valence-corrected chi connectivity index (χ2v) is 6.59. The molecule has 4 heteroatoms. The molecule has 1 saturated heterocycles. The maximum atomic E-state index is 12.9. The van der Waals surface area contributed by atoms with Crippen LogP contribution in [0.15, 0.2) is 48.5 Å². The first-order valence-corrected chi connectivity index (χ1v) is 9.10. The Bertz CT molecular complexity index is 691. The molecule has 25 heavy (non-hydrogen) atoms. The number of nitrogens with zero attached hydrogens (tertiary/aromatic N) is 1. The lowest BCUT2D eigenvalue weighted by Crippen LogP contribution is -2.25. The van der Waals surface area contributed by atoms with Crippen LogP contribution in [-0.2, 0) is 11.2 Å². The molecule has 3 rings (SSSR count). The summed E-state index contributed by atoms with van der Waals surface area (Å²) in [5, 5.41) is 3.06. The van der Waals surface area contributed by atoms with Crippen molar-refractivity contribution in [3.8, 4) is 0 Å². The molecule has 0 saturated carbocycles. The zero-order valence-electron chi connectivity index (χ0n) is 14.5. The second-order valence-electron chi connectivity index (χ2n) is 6.59. The molecule has 1 fully saturated rings. The van der Waals surface area contributed by atoms with Crippen molar-refractivity contribution in [1.82, 2.24) is 0 Å². The molecule has 2 aromatic carbocycles. The van der Waals surface area contributed by atoms with Crippen molar-refractivity contribution >= 4 is 17.3 Å². The fourth-order valence-corrected chi connectivity index (χ4v) is 3.29. The summed E-state index contributed by atoms with van der Waals surface area (Å²) in [7, 11) is 0. The third kappa shape index (κ3) is 5.05. The van der Waals surface area contributed by atoms with Crippen LogP contribution < -0.4 is 10.2 Å². The first kappa shape index (κ1) is 17.5. The predicted octanol–water partition coefficient (Wildman–Crippen LogP) is 4.78. The van der Waals surface area contributed by atoms with Gasteiger partial charge in [-0.3, -0.25) is 4.79 Å². The van der Waals surface area contributed by atoms with Crippen LogP contribution in [0.4, 0.5) is 15.8 Å². The van der Waals surface area contributed by atoms with Gasteiger partial charge in [-0.25, -0.2) is 4.39 Å². The third-order valence-corrected chi connectivity index (χ3v) is 4.68. The van der Waals surface area contributed by atoms with E-state index in [9.17, 15) is 9.18 Å². The minimum atomic E-state index is -0.250. The maximum absolute atomic E-state index is 12.9. The predicted molar refractivity (Wildman–Crippen MR) is 100 cm³/mol. The summed E-state index contributed by atoms with van der Waals surface area (Å²) in [4.78, 5) is 14.7. The number of halogens is 1. The van der Waals surface area contributed by atoms with E-state index in [1.807, 2.05) is 18.2 Å². The van der Waals surface area contributed by atoms with Gasteiger partial charge in [0.1, 0.15) is 5.82 Å². The van der Waals surface area contributed by atoms with Crippen molar-refractivity contribution in [2.75, 3.05) is 23.3 Å². The van der Waals surface area contributed by atoms with E-state index in [4.69, 9.17) is 0 Å². The molecule has 1 heterocycles. The fraction of sp³-hybridized carbons (Fsp3) is 0.381. The van der Waals surface area contributed by atoms with Crippen LogP contribution in [0.3, 0.4) is 0 Å². The molecular weight excluding hydrogens is 315 g/mol. The molecule has 1 aliphatic rings. The topological polar surface area (TPSA) is 32.3 Å². The number of aryl methyl sites for hydroxylation is 1. The first-order valence-electron chi connectivity index (χ1n) is 9.10. The van der Waals surface area contributed by atoms with Gasteiger partial charge in [-0.1, -0.05) is 37.1 Å². The molecule has 0 unspecified atom stereocenters. The van der Waals surface area contributed by atoms with Gasteiger partial charge in [-0.05, 0) is 49.1 Å². The van der Waals surface area contributed by atoms with Crippen LogP contribution in [0.25, 0.3) is 0 Å². The number of carbonyl (C=O) groups excluding carboxylic acids is 1. The SMILES string of the molecule is O=C(CCc1ccc(F)cc1)Nc1ccccc1N1CCCCCC1. The summed E-state index contributed by atoms with van der Waals surface area (Å²) in [6.07, 6.45) is 5.96. The summed E-state index contributed by atoms with van der Waals surface area (Å²) >= 11 is 0. The molecule has 0 bridgehead atoms. The van der Waals surface area contributed by atoms with Crippen LogP contribution in [-0.4, -0.2) is 19.0 Å². The molecular formula is C21H25FN2O. The van der Waals surface area contributed by atoms with Gasteiger partial charge in [-0.2, -0.15) is 0 Å². The Balaban J connectivity index is 1.61. The van der Waals surface area contributed by atoms with Crippen molar-refractivity contribution in [2.45, 2.75) is 38.5 Å². The van der Waals surface area contributed by atoms with Crippen LogP contribution in [0, 0.1) is 5.82 Å². The summed E-state index contributed by atoms with van der Waals surface area (Å²) in [6, 6.07) is 14.4. The highest BCUT2D eigenvalue weighted by atomic mass is 19.1. The quantitative estimate of drug-likeness (QED) is 0.850. The van der Waals surface area contributed by atoms with Gasteiger partial charge in [0.15, 0.2) is 0 Å². The van der Waals surface area contributed by atoms with E-state index in [1.54, 1.807) is 12.1 Å². The van der Waals surface area contributed by atoms with E-state index in [1.165, 1.54) is 37.8 Å². The maximum Gasteiger partial charge on any atom is 0.224 e. The van der Waals surface area contributed by atoms with Gasteiger partial charge >= 0.3 is 0 Å². The van der Waals surface area contributed by atoms with E-state index in [0.29, 0.717) is 12.8 Å². The standard InChI is InChI=1S/C21H25FN2O/c22-18-12-9-17(10-13-18)11-14-21(25)23-19-7-3-4-8-20(19)24-15-5-1-2-6-16-24/h3-4,7-10,12-13H,1-2,5-6,11,14-16H2,(H,23,25). The van der Waals surface area contributed by atoms with Crippen molar-refractivity contribution in [3.63, 3.8) is 0 Å². The number of para-hydroxylation sites is 2. The Morgan fingerprint density at radius 1 is 0.960 bits per heavy atom. The highest BCUT2D eigenvalue weighted by Gasteiger charge is 2.14. The van der Waals surface area contributed by atoms with Crippen LogP contribution in [0.2, 0.25) is 0 Å². The van der Waals surface area contributed by atoms with E-state index >= 15 is 0 Å². The lowest BCUT2D eigenvalue weighted by Gasteiger charge is -2.25. The van der Waals surface area contributed by atoms with Crippen LogP contribution in [0.1, 0.15) is 37.7 Å². The molecule has 0 atom stereocenters. The number of amides is 1. The average molecular weight is 340 g/mol. The summed E-state index contributed by atoms with van der Waals surface area (Å²) in [6.45, 7) is 2.09.